The van der Waals surface area contributed by atoms with Gasteiger partial charge in [0.1, 0.15) is 12.7 Å². The molecule has 5 nitrogen and oxygen atoms in total. The number of hydrogen-bond donors (Lipinski definition) is 0. The SMILES string of the molecule is CCCN1c2cc(Cl)c(/C=N\n3cnnc3)cc2C(C)CC1(C)C. The Morgan fingerprint density at radius 2 is 2.04 bits per heavy atom. The highest BCUT2D eigenvalue weighted by molar-refractivity contribution is 6.33. The van der Waals surface area contributed by atoms with Gasteiger partial charge in [0.2, 0.25) is 0 Å². The lowest BCUT2D eigenvalue weighted by atomic mass is 9.79. The van der Waals surface area contributed by atoms with Crippen LogP contribution in [-0.4, -0.2) is 33.2 Å². The van der Waals surface area contributed by atoms with Crippen molar-refractivity contribution in [1.29, 1.82) is 0 Å². The van der Waals surface area contributed by atoms with Crippen LogP contribution in [0, 0.1) is 0 Å². The van der Waals surface area contributed by atoms with Crippen molar-refractivity contribution in [2.45, 2.75) is 52.0 Å². The van der Waals surface area contributed by atoms with Gasteiger partial charge in [-0.1, -0.05) is 25.4 Å². The van der Waals surface area contributed by atoms with E-state index in [4.69, 9.17) is 11.6 Å². The highest BCUT2D eigenvalue weighted by Gasteiger charge is 2.36. The van der Waals surface area contributed by atoms with Gasteiger partial charge >= 0.3 is 0 Å². The molecule has 0 spiro atoms. The average Bonchev–Trinajstić information content (AvgIpc) is 3.02. The molecular formula is C18H24ClN5. The zero-order valence-electron chi connectivity index (χ0n) is 14.7. The summed E-state index contributed by atoms with van der Waals surface area (Å²) in [6.07, 6.45) is 7.12. The molecule has 1 aromatic carbocycles. The fourth-order valence-corrected chi connectivity index (χ4v) is 3.86. The van der Waals surface area contributed by atoms with E-state index in [9.17, 15) is 0 Å². The molecule has 1 aliphatic rings. The van der Waals surface area contributed by atoms with Crippen molar-refractivity contribution in [2.75, 3.05) is 11.4 Å². The Morgan fingerprint density at radius 1 is 1.33 bits per heavy atom. The second-order valence-electron chi connectivity index (χ2n) is 7.09. The number of rotatable bonds is 4. The van der Waals surface area contributed by atoms with E-state index in [1.165, 1.54) is 11.3 Å². The third-order valence-electron chi connectivity index (χ3n) is 4.69. The van der Waals surface area contributed by atoms with Crippen LogP contribution in [0.15, 0.2) is 29.9 Å². The predicted octanol–water partition coefficient (Wildman–Crippen LogP) is 4.32. The Balaban J connectivity index is 2.01. The molecule has 0 fully saturated rings. The minimum atomic E-state index is 0.143. The lowest BCUT2D eigenvalue weighted by molar-refractivity contribution is 0.376. The second kappa shape index (κ2) is 6.55. The molecule has 0 N–H and O–H groups in total. The van der Waals surface area contributed by atoms with Gasteiger partial charge < -0.3 is 4.90 Å². The first kappa shape index (κ1) is 17.0. The highest BCUT2D eigenvalue weighted by atomic mass is 35.5. The molecule has 1 unspecified atom stereocenters. The maximum atomic E-state index is 6.55. The summed E-state index contributed by atoms with van der Waals surface area (Å²) < 4.78 is 1.56. The molecule has 128 valence electrons. The molecule has 0 bridgehead atoms. The van der Waals surface area contributed by atoms with Crippen molar-refractivity contribution in [3.05, 3.63) is 40.9 Å². The zero-order chi connectivity index (χ0) is 17.3. The maximum Gasteiger partial charge on any atom is 0.141 e. The van der Waals surface area contributed by atoms with Crippen molar-refractivity contribution < 1.29 is 0 Å². The third kappa shape index (κ3) is 3.18. The number of nitrogens with zero attached hydrogens (tertiary/aromatic N) is 5. The summed E-state index contributed by atoms with van der Waals surface area (Å²) in [5, 5.41) is 12.5. The van der Waals surface area contributed by atoms with Crippen LogP contribution in [0.2, 0.25) is 5.02 Å². The summed E-state index contributed by atoms with van der Waals surface area (Å²) in [6, 6.07) is 4.27. The van der Waals surface area contributed by atoms with Crippen LogP contribution in [0.4, 0.5) is 5.69 Å². The number of hydrogen-bond acceptors (Lipinski definition) is 4. The van der Waals surface area contributed by atoms with E-state index < -0.39 is 0 Å². The monoisotopic (exact) mass is 345 g/mol. The fourth-order valence-electron chi connectivity index (χ4n) is 3.65. The minimum Gasteiger partial charge on any atom is -0.366 e. The number of benzene rings is 1. The molecule has 0 aliphatic carbocycles. The molecule has 1 aromatic heterocycles. The van der Waals surface area contributed by atoms with Crippen molar-refractivity contribution in [2.24, 2.45) is 5.10 Å². The van der Waals surface area contributed by atoms with Crippen LogP contribution in [-0.2, 0) is 0 Å². The van der Waals surface area contributed by atoms with Crippen LogP contribution in [0.25, 0.3) is 0 Å². The van der Waals surface area contributed by atoms with E-state index in [0.29, 0.717) is 5.92 Å². The summed E-state index contributed by atoms with van der Waals surface area (Å²) in [5.41, 5.74) is 3.67. The van der Waals surface area contributed by atoms with Crippen LogP contribution in [0.3, 0.4) is 0 Å². The van der Waals surface area contributed by atoms with E-state index in [1.807, 2.05) is 0 Å². The van der Waals surface area contributed by atoms with E-state index in [-0.39, 0.29) is 5.54 Å². The summed E-state index contributed by atoms with van der Waals surface area (Å²) in [5.74, 6) is 0.488. The number of aromatic nitrogens is 3. The van der Waals surface area contributed by atoms with Crippen molar-refractivity contribution in [3.8, 4) is 0 Å². The molecule has 0 saturated heterocycles. The molecule has 1 atom stereocenters. The molecule has 6 heteroatoms. The Morgan fingerprint density at radius 3 is 2.71 bits per heavy atom. The van der Waals surface area contributed by atoms with Gasteiger partial charge in [0.15, 0.2) is 0 Å². The largest absolute Gasteiger partial charge is 0.366 e. The van der Waals surface area contributed by atoms with Gasteiger partial charge in [0.05, 0.1) is 11.2 Å². The first-order chi connectivity index (χ1) is 11.4. The molecule has 0 radical (unpaired) electrons. The lowest BCUT2D eigenvalue weighted by Crippen LogP contribution is -2.48. The standard InChI is InChI=1S/C18H24ClN5/c1-5-6-24-17-8-16(19)14(10-22-23-11-20-21-12-23)7-15(17)13(2)9-18(24,3)4/h7-8,10-13H,5-6,9H2,1-4H3/b22-10-. The van der Waals surface area contributed by atoms with E-state index in [2.05, 4.69) is 60.0 Å². The number of anilines is 1. The van der Waals surface area contributed by atoms with E-state index in [1.54, 1.807) is 23.5 Å². The Kier molecular flexibility index (Phi) is 4.63. The second-order valence-corrected chi connectivity index (χ2v) is 7.50. The van der Waals surface area contributed by atoms with Crippen LogP contribution >= 0.6 is 11.6 Å². The highest BCUT2D eigenvalue weighted by Crippen LogP contribution is 2.45. The number of halogens is 1. The first-order valence-corrected chi connectivity index (χ1v) is 8.80. The molecule has 3 rings (SSSR count). The Hall–Kier alpha value is -1.88. The van der Waals surface area contributed by atoms with Gasteiger partial charge in [0.25, 0.3) is 0 Å². The topological polar surface area (TPSA) is 46.3 Å². The average molecular weight is 346 g/mol. The minimum absolute atomic E-state index is 0.143. The third-order valence-corrected chi connectivity index (χ3v) is 5.02. The first-order valence-electron chi connectivity index (χ1n) is 8.42. The van der Waals surface area contributed by atoms with Gasteiger partial charge in [0, 0.05) is 23.3 Å². The van der Waals surface area contributed by atoms with E-state index in [0.717, 1.165) is 30.0 Å². The molecule has 24 heavy (non-hydrogen) atoms. The lowest BCUT2D eigenvalue weighted by Gasteiger charge is -2.47. The van der Waals surface area contributed by atoms with Crippen molar-refractivity contribution >= 4 is 23.5 Å². The molecular weight excluding hydrogens is 322 g/mol. The van der Waals surface area contributed by atoms with Crippen LogP contribution in [0.5, 0.6) is 0 Å². The zero-order valence-corrected chi connectivity index (χ0v) is 15.5. The fraction of sp³-hybridized carbons (Fsp3) is 0.500. The van der Waals surface area contributed by atoms with E-state index >= 15 is 0 Å². The van der Waals surface area contributed by atoms with Gasteiger partial charge in [-0.2, -0.15) is 5.10 Å². The Bertz CT molecular complexity index is 736. The smallest absolute Gasteiger partial charge is 0.141 e. The molecule has 2 heterocycles. The maximum absolute atomic E-state index is 6.55. The summed E-state index contributed by atoms with van der Waals surface area (Å²) in [4.78, 5) is 2.49. The van der Waals surface area contributed by atoms with Crippen molar-refractivity contribution in [3.63, 3.8) is 0 Å². The quantitative estimate of drug-likeness (QED) is 0.775. The van der Waals surface area contributed by atoms with Crippen LogP contribution < -0.4 is 4.90 Å². The Labute approximate surface area is 148 Å². The molecule has 0 amide bonds. The van der Waals surface area contributed by atoms with Gasteiger partial charge in [-0.3, -0.25) is 0 Å². The summed E-state index contributed by atoms with van der Waals surface area (Å²) in [7, 11) is 0. The van der Waals surface area contributed by atoms with Crippen molar-refractivity contribution in [1.82, 2.24) is 14.9 Å². The number of fused-ring (bicyclic) bond motifs is 1. The molecule has 2 aromatic rings. The van der Waals surface area contributed by atoms with Gasteiger partial charge in [-0.15, -0.1) is 10.2 Å². The van der Waals surface area contributed by atoms with Crippen LogP contribution in [0.1, 0.15) is 57.6 Å². The van der Waals surface area contributed by atoms with Gasteiger partial charge in [-0.05, 0) is 50.3 Å². The van der Waals surface area contributed by atoms with Gasteiger partial charge in [-0.25, -0.2) is 4.68 Å². The summed E-state index contributed by atoms with van der Waals surface area (Å²) in [6.45, 7) is 10.2. The normalized spacial score (nSPS) is 19.7. The molecule has 1 aliphatic heterocycles. The predicted molar refractivity (Wildman–Crippen MR) is 99.2 cm³/mol. The summed E-state index contributed by atoms with van der Waals surface area (Å²) >= 11 is 6.55. The molecule has 0 saturated carbocycles.